The summed E-state index contributed by atoms with van der Waals surface area (Å²) in [5.41, 5.74) is 9.24. The molecular weight excluding hydrogens is 196 g/mol. The van der Waals surface area contributed by atoms with Crippen molar-refractivity contribution < 1.29 is 9.53 Å². The van der Waals surface area contributed by atoms with E-state index in [1.807, 2.05) is 0 Å². The lowest BCUT2D eigenvalue weighted by Crippen LogP contribution is -2.07. The van der Waals surface area contributed by atoms with Crippen LogP contribution >= 0.6 is 0 Å². The first-order valence-electron chi connectivity index (χ1n) is 4.27. The van der Waals surface area contributed by atoms with Gasteiger partial charge in [0.05, 0.1) is 18.7 Å². The van der Waals surface area contributed by atoms with E-state index in [9.17, 15) is 4.79 Å². The Balaban J connectivity index is 3.16. The molecule has 1 heterocycles. The summed E-state index contributed by atoms with van der Waals surface area (Å²) >= 11 is 0. The molecule has 0 spiro atoms. The Morgan fingerprint density at radius 2 is 2.47 bits per heavy atom. The molecule has 0 amide bonds. The van der Waals surface area contributed by atoms with Gasteiger partial charge in [-0.15, -0.1) is 0 Å². The highest BCUT2D eigenvalue weighted by molar-refractivity contribution is 5.90. The fourth-order valence-electron chi connectivity index (χ4n) is 1.19. The highest BCUT2D eigenvalue weighted by Crippen LogP contribution is 2.20. The highest BCUT2D eigenvalue weighted by atomic mass is 16.5. The molecule has 0 N–H and O–H groups in total. The number of carbonyl (C=O) groups is 1. The van der Waals surface area contributed by atoms with Crippen LogP contribution in [0.2, 0.25) is 0 Å². The molecule has 78 valence electrons. The SMILES string of the molecule is COC(=O)c1cnccc1C(C)N=[N+]=[N-]. The molecular formula is C9H10N4O2. The highest BCUT2D eigenvalue weighted by Gasteiger charge is 2.15. The van der Waals surface area contributed by atoms with E-state index in [4.69, 9.17) is 5.53 Å². The number of aromatic nitrogens is 1. The molecule has 1 rings (SSSR count). The monoisotopic (exact) mass is 206 g/mol. The second-order valence-electron chi connectivity index (χ2n) is 2.84. The lowest BCUT2D eigenvalue weighted by Gasteiger charge is -2.09. The third-order valence-corrected chi connectivity index (χ3v) is 1.94. The molecule has 6 heteroatoms. The molecule has 1 unspecified atom stereocenters. The summed E-state index contributed by atoms with van der Waals surface area (Å²) in [5.74, 6) is -0.488. The van der Waals surface area contributed by atoms with Crippen LogP contribution < -0.4 is 0 Å². The lowest BCUT2D eigenvalue weighted by atomic mass is 10.1. The fourth-order valence-corrected chi connectivity index (χ4v) is 1.19. The Morgan fingerprint density at radius 1 is 1.73 bits per heavy atom. The van der Waals surface area contributed by atoms with Crippen LogP contribution in [-0.2, 0) is 4.74 Å². The normalized spacial score (nSPS) is 11.3. The standard InChI is InChI=1S/C9H10N4O2/c1-6(12-13-10)7-3-4-11-5-8(7)9(14)15-2/h3-6H,1-2H3. The third-order valence-electron chi connectivity index (χ3n) is 1.94. The van der Waals surface area contributed by atoms with Crippen LogP contribution in [0.4, 0.5) is 0 Å². The maximum absolute atomic E-state index is 11.3. The van der Waals surface area contributed by atoms with Gasteiger partial charge in [-0.25, -0.2) is 4.79 Å². The summed E-state index contributed by atoms with van der Waals surface area (Å²) in [6, 6.07) is 1.21. The number of rotatable bonds is 3. The molecule has 0 saturated heterocycles. The van der Waals surface area contributed by atoms with Crippen LogP contribution in [0, 0.1) is 0 Å². The molecule has 0 bridgehead atoms. The number of pyridine rings is 1. The molecule has 1 atom stereocenters. The van der Waals surface area contributed by atoms with Gasteiger partial charge in [0, 0.05) is 17.3 Å². The van der Waals surface area contributed by atoms with E-state index in [-0.39, 0.29) is 0 Å². The van der Waals surface area contributed by atoms with Gasteiger partial charge in [-0.1, -0.05) is 12.0 Å². The summed E-state index contributed by atoms with van der Waals surface area (Å²) in [6.07, 6.45) is 2.93. The fraction of sp³-hybridized carbons (Fsp3) is 0.333. The van der Waals surface area contributed by atoms with E-state index in [0.717, 1.165) is 0 Å². The lowest BCUT2D eigenvalue weighted by molar-refractivity contribution is 0.0598. The van der Waals surface area contributed by atoms with Crippen molar-refractivity contribution in [3.63, 3.8) is 0 Å². The number of esters is 1. The van der Waals surface area contributed by atoms with Crippen LogP contribution in [-0.4, -0.2) is 18.1 Å². The predicted molar refractivity (Wildman–Crippen MR) is 53.1 cm³/mol. The zero-order valence-electron chi connectivity index (χ0n) is 8.41. The minimum absolute atomic E-state index is 0.319. The van der Waals surface area contributed by atoms with E-state index in [1.54, 1.807) is 13.0 Å². The maximum Gasteiger partial charge on any atom is 0.339 e. The summed E-state index contributed by atoms with van der Waals surface area (Å²) in [6.45, 7) is 1.70. The van der Waals surface area contributed by atoms with Crippen molar-refractivity contribution in [2.24, 2.45) is 5.11 Å². The second kappa shape index (κ2) is 4.97. The van der Waals surface area contributed by atoms with Crippen LogP contribution in [0.25, 0.3) is 10.4 Å². The van der Waals surface area contributed by atoms with E-state index in [1.165, 1.54) is 19.5 Å². The Bertz CT molecular complexity index is 412. The van der Waals surface area contributed by atoms with Crippen molar-refractivity contribution in [3.8, 4) is 0 Å². The van der Waals surface area contributed by atoms with Crippen molar-refractivity contribution in [2.75, 3.05) is 7.11 Å². The van der Waals surface area contributed by atoms with Crippen molar-refractivity contribution in [1.29, 1.82) is 0 Å². The first-order valence-corrected chi connectivity index (χ1v) is 4.27. The number of methoxy groups -OCH3 is 1. The Hall–Kier alpha value is -2.07. The van der Waals surface area contributed by atoms with Gasteiger partial charge >= 0.3 is 5.97 Å². The smallest absolute Gasteiger partial charge is 0.339 e. The van der Waals surface area contributed by atoms with E-state index >= 15 is 0 Å². The molecule has 0 aliphatic carbocycles. The number of hydrogen-bond acceptors (Lipinski definition) is 4. The van der Waals surface area contributed by atoms with Crippen molar-refractivity contribution in [3.05, 3.63) is 40.0 Å². The Labute approximate surface area is 86.5 Å². The van der Waals surface area contributed by atoms with Gasteiger partial charge in [0.2, 0.25) is 0 Å². The van der Waals surface area contributed by atoms with Crippen LogP contribution in [0.3, 0.4) is 0 Å². The molecule has 6 nitrogen and oxygen atoms in total. The first kappa shape index (κ1) is 11.0. The number of azide groups is 1. The number of nitrogens with zero attached hydrogens (tertiary/aromatic N) is 4. The van der Waals surface area contributed by atoms with Gasteiger partial charge in [-0.3, -0.25) is 4.98 Å². The van der Waals surface area contributed by atoms with Crippen LogP contribution in [0.15, 0.2) is 23.6 Å². The van der Waals surface area contributed by atoms with Gasteiger partial charge < -0.3 is 4.74 Å². The van der Waals surface area contributed by atoms with Gasteiger partial charge in [0.15, 0.2) is 0 Å². The molecule has 0 saturated carbocycles. The minimum Gasteiger partial charge on any atom is -0.465 e. The zero-order valence-corrected chi connectivity index (χ0v) is 8.41. The van der Waals surface area contributed by atoms with Crippen molar-refractivity contribution in [2.45, 2.75) is 13.0 Å². The average molecular weight is 206 g/mol. The second-order valence-corrected chi connectivity index (χ2v) is 2.84. The first-order chi connectivity index (χ1) is 7.20. The number of hydrogen-bond donors (Lipinski definition) is 0. The summed E-state index contributed by atoms with van der Waals surface area (Å²) < 4.78 is 4.59. The number of ether oxygens (including phenoxy) is 1. The van der Waals surface area contributed by atoms with Gasteiger partial charge in [0.1, 0.15) is 0 Å². The quantitative estimate of drug-likeness (QED) is 0.329. The van der Waals surface area contributed by atoms with Gasteiger partial charge in [0.25, 0.3) is 0 Å². The average Bonchev–Trinajstić information content (AvgIpc) is 2.28. The van der Waals surface area contributed by atoms with Crippen molar-refractivity contribution in [1.82, 2.24) is 4.98 Å². The largest absolute Gasteiger partial charge is 0.465 e. The Morgan fingerprint density at radius 3 is 3.07 bits per heavy atom. The van der Waals surface area contributed by atoms with E-state index < -0.39 is 12.0 Å². The van der Waals surface area contributed by atoms with Crippen LogP contribution in [0.5, 0.6) is 0 Å². The summed E-state index contributed by atoms with van der Waals surface area (Å²) in [5, 5.41) is 3.52. The molecule has 0 aliphatic rings. The summed E-state index contributed by atoms with van der Waals surface area (Å²) in [7, 11) is 1.29. The Kier molecular flexibility index (Phi) is 3.65. The minimum atomic E-state index is -0.488. The molecule has 1 aromatic heterocycles. The molecule has 0 fully saturated rings. The third kappa shape index (κ3) is 2.45. The molecule has 0 aromatic carbocycles. The topological polar surface area (TPSA) is 88.0 Å². The van der Waals surface area contributed by atoms with Gasteiger partial charge in [-0.05, 0) is 17.2 Å². The molecule has 1 aromatic rings. The van der Waals surface area contributed by atoms with Crippen LogP contribution in [0.1, 0.15) is 28.9 Å². The van der Waals surface area contributed by atoms with E-state index in [2.05, 4.69) is 19.7 Å². The zero-order chi connectivity index (χ0) is 11.3. The van der Waals surface area contributed by atoms with Crippen molar-refractivity contribution >= 4 is 5.97 Å². The molecule has 0 aliphatic heterocycles. The van der Waals surface area contributed by atoms with E-state index in [0.29, 0.717) is 11.1 Å². The van der Waals surface area contributed by atoms with Gasteiger partial charge in [-0.2, -0.15) is 0 Å². The molecule has 15 heavy (non-hydrogen) atoms. The number of carbonyl (C=O) groups excluding carboxylic acids is 1. The predicted octanol–water partition coefficient (Wildman–Crippen LogP) is 2.24. The maximum atomic E-state index is 11.3. The molecule has 0 radical (unpaired) electrons. The summed E-state index contributed by atoms with van der Waals surface area (Å²) in [4.78, 5) is 17.9.